The second kappa shape index (κ2) is 3.58. The van der Waals surface area contributed by atoms with Crippen LogP contribution in [0, 0.1) is 5.82 Å². The predicted octanol–water partition coefficient (Wildman–Crippen LogP) is 1.33. The van der Waals surface area contributed by atoms with E-state index in [1.807, 2.05) is 6.07 Å². The van der Waals surface area contributed by atoms with Gasteiger partial charge in [0.05, 0.1) is 6.04 Å². The van der Waals surface area contributed by atoms with Gasteiger partial charge < -0.3 is 5.32 Å². The van der Waals surface area contributed by atoms with Gasteiger partial charge in [0, 0.05) is 31.7 Å². The second-order valence-electron chi connectivity index (χ2n) is 4.32. The molecule has 0 aromatic heterocycles. The highest BCUT2D eigenvalue weighted by atomic mass is 19.1. The summed E-state index contributed by atoms with van der Waals surface area (Å²) in [6.45, 7) is 4.02. The number of rotatable bonds is 0. The van der Waals surface area contributed by atoms with Crippen LogP contribution in [-0.2, 0) is 6.42 Å². The van der Waals surface area contributed by atoms with Crippen molar-refractivity contribution in [2.24, 2.45) is 0 Å². The maximum atomic E-state index is 13.8. The zero-order valence-electron chi connectivity index (χ0n) is 8.67. The van der Waals surface area contributed by atoms with E-state index in [1.54, 1.807) is 6.07 Å². The van der Waals surface area contributed by atoms with Gasteiger partial charge in [0.1, 0.15) is 5.82 Å². The highest BCUT2D eigenvalue weighted by molar-refractivity contribution is 5.34. The Morgan fingerprint density at radius 1 is 1.33 bits per heavy atom. The molecule has 1 aromatic carbocycles. The van der Waals surface area contributed by atoms with E-state index in [0.717, 1.165) is 38.2 Å². The minimum absolute atomic E-state index is 0.0362. The van der Waals surface area contributed by atoms with E-state index in [0.29, 0.717) is 0 Å². The molecule has 1 atom stereocenters. The molecule has 1 N–H and O–H groups in total. The molecule has 2 nitrogen and oxygen atoms in total. The smallest absolute Gasteiger partial charge is 0.128 e. The summed E-state index contributed by atoms with van der Waals surface area (Å²) >= 11 is 0. The van der Waals surface area contributed by atoms with Crippen LogP contribution in [0.15, 0.2) is 18.2 Å². The van der Waals surface area contributed by atoms with Gasteiger partial charge in [0.2, 0.25) is 0 Å². The molecular formula is C12H15FN2. The molecule has 0 spiro atoms. The Labute approximate surface area is 89.1 Å². The molecule has 0 bridgehead atoms. The van der Waals surface area contributed by atoms with Crippen LogP contribution in [0.25, 0.3) is 0 Å². The Kier molecular flexibility index (Phi) is 2.22. The van der Waals surface area contributed by atoms with Crippen molar-refractivity contribution in [3.8, 4) is 0 Å². The summed E-state index contributed by atoms with van der Waals surface area (Å²) in [5, 5.41) is 3.34. The Hall–Kier alpha value is -0.930. The Bertz CT molecular complexity index is 378. The van der Waals surface area contributed by atoms with Crippen molar-refractivity contribution in [3.63, 3.8) is 0 Å². The summed E-state index contributed by atoms with van der Waals surface area (Å²) in [7, 11) is 0. The molecule has 2 heterocycles. The number of piperazine rings is 1. The van der Waals surface area contributed by atoms with Gasteiger partial charge >= 0.3 is 0 Å². The van der Waals surface area contributed by atoms with E-state index >= 15 is 0 Å². The van der Waals surface area contributed by atoms with Crippen molar-refractivity contribution in [1.82, 2.24) is 10.2 Å². The highest BCUT2D eigenvalue weighted by Crippen LogP contribution is 2.32. The lowest BCUT2D eigenvalue weighted by atomic mass is 9.91. The quantitative estimate of drug-likeness (QED) is 0.689. The molecular weight excluding hydrogens is 191 g/mol. The van der Waals surface area contributed by atoms with Crippen LogP contribution in [0.2, 0.25) is 0 Å². The third-order valence-electron chi connectivity index (χ3n) is 3.50. The lowest BCUT2D eigenvalue weighted by Crippen LogP contribution is -2.49. The zero-order chi connectivity index (χ0) is 10.3. The molecule has 1 fully saturated rings. The van der Waals surface area contributed by atoms with Crippen LogP contribution >= 0.6 is 0 Å². The topological polar surface area (TPSA) is 15.3 Å². The fraction of sp³-hybridized carbons (Fsp3) is 0.500. The van der Waals surface area contributed by atoms with Gasteiger partial charge in [-0.2, -0.15) is 0 Å². The van der Waals surface area contributed by atoms with Gasteiger partial charge in [-0.3, -0.25) is 4.90 Å². The lowest BCUT2D eigenvalue weighted by molar-refractivity contribution is 0.148. The first-order chi connectivity index (χ1) is 7.36. The van der Waals surface area contributed by atoms with Crippen LogP contribution in [-0.4, -0.2) is 31.1 Å². The molecule has 0 saturated carbocycles. The average molecular weight is 206 g/mol. The first-order valence-corrected chi connectivity index (χ1v) is 5.58. The Balaban J connectivity index is 2.05. The normalized spacial score (nSPS) is 25.8. The van der Waals surface area contributed by atoms with Crippen molar-refractivity contribution in [2.75, 3.05) is 26.2 Å². The van der Waals surface area contributed by atoms with Crippen molar-refractivity contribution < 1.29 is 4.39 Å². The summed E-state index contributed by atoms with van der Waals surface area (Å²) in [5.41, 5.74) is 2.12. The maximum Gasteiger partial charge on any atom is 0.128 e. The number of hydrogen-bond donors (Lipinski definition) is 1. The molecule has 1 aromatic rings. The first-order valence-electron chi connectivity index (χ1n) is 5.58. The van der Waals surface area contributed by atoms with E-state index in [4.69, 9.17) is 0 Å². The standard InChI is InChI=1S/C12H15FN2/c13-10-3-1-2-9-4-6-15-7-5-14-8-11(15)12(9)10/h1-3,11,14H,4-8H2. The highest BCUT2D eigenvalue weighted by Gasteiger charge is 2.31. The van der Waals surface area contributed by atoms with E-state index < -0.39 is 0 Å². The molecule has 2 aliphatic rings. The Morgan fingerprint density at radius 2 is 2.27 bits per heavy atom. The summed E-state index contributed by atoms with van der Waals surface area (Å²) < 4.78 is 13.8. The molecule has 0 aliphatic carbocycles. The van der Waals surface area contributed by atoms with Crippen LogP contribution in [0.5, 0.6) is 0 Å². The third-order valence-corrected chi connectivity index (χ3v) is 3.50. The summed E-state index contributed by atoms with van der Waals surface area (Å²) in [6, 6.07) is 5.71. The maximum absolute atomic E-state index is 13.8. The van der Waals surface area contributed by atoms with E-state index in [9.17, 15) is 4.39 Å². The van der Waals surface area contributed by atoms with E-state index in [1.165, 1.54) is 5.56 Å². The zero-order valence-corrected chi connectivity index (χ0v) is 8.67. The monoisotopic (exact) mass is 206 g/mol. The van der Waals surface area contributed by atoms with Gasteiger partial charge in [0.15, 0.2) is 0 Å². The van der Waals surface area contributed by atoms with Crippen LogP contribution in [0.4, 0.5) is 4.39 Å². The predicted molar refractivity (Wildman–Crippen MR) is 57.3 cm³/mol. The van der Waals surface area contributed by atoms with Gasteiger partial charge in [-0.15, -0.1) is 0 Å². The minimum atomic E-state index is -0.0362. The SMILES string of the molecule is Fc1cccc2c1C1CNCCN1CC2. The van der Waals surface area contributed by atoms with Gasteiger partial charge in [-0.1, -0.05) is 12.1 Å². The number of fused-ring (bicyclic) bond motifs is 3. The van der Waals surface area contributed by atoms with Crippen molar-refractivity contribution in [3.05, 3.63) is 35.1 Å². The third kappa shape index (κ3) is 1.46. The molecule has 1 saturated heterocycles. The Morgan fingerprint density at radius 3 is 3.20 bits per heavy atom. The number of hydrogen-bond acceptors (Lipinski definition) is 2. The molecule has 3 heteroatoms. The van der Waals surface area contributed by atoms with Crippen LogP contribution in [0.1, 0.15) is 17.2 Å². The van der Waals surface area contributed by atoms with Gasteiger partial charge in [-0.25, -0.2) is 4.39 Å². The largest absolute Gasteiger partial charge is 0.314 e. The molecule has 3 rings (SSSR count). The second-order valence-corrected chi connectivity index (χ2v) is 4.32. The number of nitrogens with zero attached hydrogens (tertiary/aromatic N) is 1. The van der Waals surface area contributed by atoms with Gasteiger partial charge in [-0.05, 0) is 18.1 Å². The van der Waals surface area contributed by atoms with Crippen molar-refractivity contribution in [1.29, 1.82) is 0 Å². The van der Waals surface area contributed by atoms with Crippen LogP contribution < -0.4 is 5.32 Å². The molecule has 1 unspecified atom stereocenters. The van der Waals surface area contributed by atoms with E-state index in [-0.39, 0.29) is 11.9 Å². The van der Waals surface area contributed by atoms with Crippen molar-refractivity contribution >= 4 is 0 Å². The molecule has 2 aliphatic heterocycles. The summed E-state index contributed by atoms with van der Waals surface area (Å²) in [4.78, 5) is 2.39. The lowest BCUT2D eigenvalue weighted by Gasteiger charge is -2.40. The average Bonchev–Trinajstić information content (AvgIpc) is 2.29. The van der Waals surface area contributed by atoms with Crippen molar-refractivity contribution in [2.45, 2.75) is 12.5 Å². The minimum Gasteiger partial charge on any atom is -0.314 e. The number of benzene rings is 1. The number of halogens is 1. The fourth-order valence-corrected chi connectivity index (χ4v) is 2.74. The first kappa shape index (κ1) is 9.31. The molecule has 0 amide bonds. The fourth-order valence-electron chi connectivity index (χ4n) is 2.74. The van der Waals surface area contributed by atoms with Gasteiger partial charge in [0.25, 0.3) is 0 Å². The van der Waals surface area contributed by atoms with E-state index in [2.05, 4.69) is 16.3 Å². The molecule has 80 valence electrons. The molecule has 0 radical (unpaired) electrons. The summed E-state index contributed by atoms with van der Waals surface area (Å²) in [6.07, 6.45) is 0.990. The molecule has 15 heavy (non-hydrogen) atoms. The van der Waals surface area contributed by atoms with Crippen LogP contribution in [0.3, 0.4) is 0 Å². The number of nitrogens with one attached hydrogen (secondary N) is 1. The summed E-state index contributed by atoms with van der Waals surface area (Å²) in [5.74, 6) is -0.0362.